The van der Waals surface area contributed by atoms with Gasteiger partial charge in [0, 0.05) is 6.04 Å². The van der Waals surface area contributed by atoms with Gasteiger partial charge in [0.2, 0.25) is 0 Å². The summed E-state index contributed by atoms with van der Waals surface area (Å²) < 4.78 is 31.7. The van der Waals surface area contributed by atoms with Gasteiger partial charge >= 0.3 is 6.03 Å². The lowest BCUT2D eigenvalue weighted by Crippen LogP contribution is -2.40. The molecule has 0 aliphatic rings. The highest BCUT2D eigenvalue weighted by Gasteiger charge is 2.15. The maximum atomic E-state index is 13.2. The molecule has 29 heavy (non-hydrogen) atoms. The number of anilines is 1. The van der Waals surface area contributed by atoms with E-state index < -0.39 is 0 Å². The third-order valence-electron chi connectivity index (χ3n) is 4.48. The van der Waals surface area contributed by atoms with Gasteiger partial charge < -0.3 is 15.4 Å². The van der Waals surface area contributed by atoms with E-state index in [0.29, 0.717) is 24.3 Å². The summed E-state index contributed by atoms with van der Waals surface area (Å²) in [6, 6.07) is 18.7. The number of urea groups is 1. The summed E-state index contributed by atoms with van der Waals surface area (Å²) in [6.45, 7) is 0. The molecule has 3 rings (SSSR count). The Bertz CT molecular complexity index is 896. The molecule has 0 spiro atoms. The van der Waals surface area contributed by atoms with Gasteiger partial charge in [0.05, 0.1) is 12.8 Å². The van der Waals surface area contributed by atoms with Crippen molar-refractivity contribution < 1.29 is 18.3 Å². The number of amides is 2. The molecule has 0 atom stereocenters. The Hall–Kier alpha value is -3.41. The minimum Gasteiger partial charge on any atom is -0.495 e. The van der Waals surface area contributed by atoms with Gasteiger partial charge in [-0.2, -0.15) is 0 Å². The molecule has 0 aromatic heterocycles. The predicted octanol–water partition coefficient (Wildman–Crippen LogP) is 4.95. The summed E-state index contributed by atoms with van der Waals surface area (Å²) in [6.07, 6.45) is 0.994. The number of benzene rings is 3. The highest BCUT2D eigenvalue weighted by molar-refractivity contribution is 5.91. The van der Waals surface area contributed by atoms with Crippen LogP contribution in [-0.2, 0) is 12.8 Å². The SMILES string of the molecule is COc1ccccc1NC(=O)NC(Cc1ccc(F)cc1)Cc1ccc(F)cc1. The summed E-state index contributed by atoms with van der Waals surface area (Å²) in [5.41, 5.74) is 2.32. The number of hydrogen-bond donors (Lipinski definition) is 2. The van der Waals surface area contributed by atoms with Crippen LogP contribution in [0.2, 0.25) is 0 Å². The Morgan fingerprint density at radius 3 is 1.90 bits per heavy atom. The summed E-state index contributed by atoms with van der Waals surface area (Å²) in [4.78, 5) is 12.6. The van der Waals surface area contributed by atoms with Crippen LogP contribution in [0.4, 0.5) is 19.3 Å². The van der Waals surface area contributed by atoms with E-state index in [-0.39, 0.29) is 23.7 Å². The Balaban J connectivity index is 1.73. The van der Waals surface area contributed by atoms with Crippen molar-refractivity contribution in [2.75, 3.05) is 12.4 Å². The Morgan fingerprint density at radius 2 is 1.38 bits per heavy atom. The Kier molecular flexibility index (Phi) is 6.79. The van der Waals surface area contributed by atoms with E-state index in [4.69, 9.17) is 4.74 Å². The van der Waals surface area contributed by atoms with E-state index in [1.54, 1.807) is 42.5 Å². The molecule has 3 aromatic carbocycles. The van der Waals surface area contributed by atoms with Gasteiger partial charge in [0.25, 0.3) is 0 Å². The van der Waals surface area contributed by atoms with Crippen LogP contribution in [0.1, 0.15) is 11.1 Å². The second-order valence-electron chi connectivity index (χ2n) is 6.66. The topological polar surface area (TPSA) is 50.4 Å². The first-order chi connectivity index (χ1) is 14.0. The van der Waals surface area contributed by atoms with Crippen LogP contribution in [-0.4, -0.2) is 19.2 Å². The highest BCUT2D eigenvalue weighted by Crippen LogP contribution is 2.23. The summed E-state index contributed by atoms with van der Waals surface area (Å²) in [5.74, 6) is -0.0762. The molecular formula is C23H22F2N2O2. The van der Waals surface area contributed by atoms with Crippen LogP contribution < -0.4 is 15.4 Å². The minimum absolute atomic E-state index is 0.277. The average Bonchev–Trinajstić information content (AvgIpc) is 2.71. The standard InChI is InChI=1S/C23H22F2N2O2/c1-29-22-5-3-2-4-21(22)27-23(28)26-20(14-16-6-10-18(24)11-7-16)15-17-8-12-19(25)13-9-17/h2-13,20H,14-15H2,1H3,(H2,26,27,28). The summed E-state index contributed by atoms with van der Waals surface area (Å²) >= 11 is 0. The Labute approximate surface area is 168 Å². The molecule has 0 saturated heterocycles. The molecule has 150 valence electrons. The summed E-state index contributed by atoms with van der Waals surface area (Å²) in [7, 11) is 1.53. The van der Waals surface area contributed by atoms with Gasteiger partial charge in [-0.1, -0.05) is 36.4 Å². The first-order valence-corrected chi connectivity index (χ1v) is 9.23. The molecule has 0 saturated carbocycles. The average molecular weight is 396 g/mol. The number of methoxy groups -OCH3 is 1. The third-order valence-corrected chi connectivity index (χ3v) is 4.48. The summed E-state index contributed by atoms with van der Waals surface area (Å²) in [5, 5.41) is 5.74. The first-order valence-electron chi connectivity index (χ1n) is 9.23. The van der Waals surface area contributed by atoms with Gasteiger partial charge in [-0.05, 0) is 60.4 Å². The third kappa shape index (κ3) is 6.04. The number of hydrogen-bond acceptors (Lipinski definition) is 2. The van der Waals surface area contributed by atoms with Crippen LogP contribution in [0.5, 0.6) is 5.75 Å². The molecule has 3 aromatic rings. The molecular weight excluding hydrogens is 374 g/mol. The van der Waals surface area contributed by atoms with Crippen LogP contribution in [0.3, 0.4) is 0 Å². The second kappa shape index (κ2) is 9.68. The number of carbonyl (C=O) groups is 1. The Morgan fingerprint density at radius 1 is 0.862 bits per heavy atom. The minimum atomic E-state index is -0.385. The molecule has 0 bridgehead atoms. The van der Waals surface area contributed by atoms with Gasteiger partial charge in [0.1, 0.15) is 17.4 Å². The normalized spacial score (nSPS) is 10.6. The smallest absolute Gasteiger partial charge is 0.319 e. The number of nitrogens with one attached hydrogen (secondary N) is 2. The van der Waals surface area contributed by atoms with Crippen molar-refractivity contribution in [1.29, 1.82) is 0 Å². The molecule has 2 N–H and O–H groups in total. The number of rotatable bonds is 7. The fourth-order valence-electron chi connectivity index (χ4n) is 3.08. The van der Waals surface area contributed by atoms with Gasteiger partial charge in [-0.25, -0.2) is 13.6 Å². The van der Waals surface area contributed by atoms with Crippen molar-refractivity contribution in [2.45, 2.75) is 18.9 Å². The van der Waals surface area contributed by atoms with Crippen LogP contribution in [0, 0.1) is 11.6 Å². The fourth-order valence-corrected chi connectivity index (χ4v) is 3.08. The number of para-hydroxylation sites is 2. The zero-order valence-electron chi connectivity index (χ0n) is 16.0. The van der Waals surface area contributed by atoms with Crippen LogP contribution in [0.15, 0.2) is 72.8 Å². The predicted molar refractivity (Wildman–Crippen MR) is 109 cm³/mol. The molecule has 0 aliphatic carbocycles. The van der Waals surface area contributed by atoms with Crippen molar-refractivity contribution in [1.82, 2.24) is 5.32 Å². The van der Waals surface area contributed by atoms with E-state index in [9.17, 15) is 13.6 Å². The quantitative estimate of drug-likeness (QED) is 0.594. The lowest BCUT2D eigenvalue weighted by atomic mass is 9.99. The number of ether oxygens (including phenoxy) is 1. The maximum absolute atomic E-state index is 13.2. The lowest BCUT2D eigenvalue weighted by molar-refractivity contribution is 0.248. The molecule has 6 heteroatoms. The number of halogens is 2. The molecule has 4 nitrogen and oxygen atoms in total. The molecule has 0 aliphatic heterocycles. The van der Waals surface area contributed by atoms with Crippen LogP contribution >= 0.6 is 0 Å². The largest absolute Gasteiger partial charge is 0.495 e. The lowest BCUT2D eigenvalue weighted by Gasteiger charge is -2.20. The van der Waals surface area contributed by atoms with E-state index in [2.05, 4.69) is 10.6 Å². The molecule has 0 radical (unpaired) electrons. The van der Waals surface area contributed by atoms with Crippen molar-refractivity contribution in [2.24, 2.45) is 0 Å². The zero-order valence-corrected chi connectivity index (χ0v) is 16.0. The van der Waals surface area contributed by atoms with Crippen molar-refractivity contribution >= 4 is 11.7 Å². The molecule has 0 fully saturated rings. The van der Waals surface area contributed by atoms with Gasteiger partial charge in [-0.15, -0.1) is 0 Å². The number of carbonyl (C=O) groups excluding carboxylic acids is 1. The van der Waals surface area contributed by atoms with Gasteiger partial charge in [-0.3, -0.25) is 0 Å². The molecule has 0 heterocycles. The fraction of sp³-hybridized carbons (Fsp3) is 0.174. The monoisotopic (exact) mass is 396 g/mol. The van der Waals surface area contributed by atoms with E-state index >= 15 is 0 Å². The van der Waals surface area contributed by atoms with Gasteiger partial charge in [0.15, 0.2) is 0 Å². The van der Waals surface area contributed by atoms with Crippen molar-refractivity contribution in [3.05, 3.63) is 95.6 Å². The van der Waals surface area contributed by atoms with E-state index in [0.717, 1.165) is 11.1 Å². The van der Waals surface area contributed by atoms with Crippen molar-refractivity contribution in [3.8, 4) is 5.75 Å². The maximum Gasteiger partial charge on any atom is 0.319 e. The van der Waals surface area contributed by atoms with Crippen molar-refractivity contribution in [3.63, 3.8) is 0 Å². The highest BCUT2D eigenvalue weighted by atomic mass is 19.1. The second-order valence-corrected chi connectivity index (χ2v) is 6.66. The van der Waals surface area contributed by atoms with E-state index in [1.165, 1.54) is 31.4 Å². The van der Waals surface area contributed by atoms with E-state index in [1.807, 2.05) is 6.07 Å². The zero-order chi connectivity index (χ0) is 20.6. The first kappa shape index (κ1) is 20.3. The molecule has 0 unspecified atom stereocenters. The van der Waals surface area contributed by atoms with Crippen LogP contribution in [0.25, 0.3) is 0 Å². The molecule has 2 amide bonds.